The lowest BCUT2D eigenvalue weighted by Gasteiger charge is -2.06. The third-order valence-electron chi connectivity index (χ3n) is 3.75. The monoisotopic (exact) mass is 447 g/mol. The molecule has 3 rings (SSSR count). The fourth-order valence-electron chi connectivity index (χ4n) is 2.36. The first-order chi connectivity index (χ1) is 12.1. The highest BCUT2D eigenvalue weighted by molar-refractivity contribution is 14.1. The molecule has 25 heavy (non-hydrogen) atoms. The number of amides is 1. The predicted molar refractivity (Wildman–Crippen MR) is 105 cm³/mol. The van der Waals surface area contributed by atoms with E-state index >= 15 is 0 Å². The molecule has 3 aromatic rings. The SMILES string of the molecule is Cc1ccc(NC(=O)CCCc2nc(-c3ccccc3)no2)cc1I. The van der Waals surface area contributed by atoms with Gasteiger partial charge in [0.15, 0.2) is 0 Å². The minimum atomic E-state index is -0.0116. The van der Waals surface area contributed by atoms with E-state index in [1.54, 1.807) is 0 Å². The Morgan fingerprint density at radius 3 is 2.76 bits per heavy atom. The van der Waals surface area contributed by atoms with Gasteiger partial charge in [0.25, 0.3) is 0 Å². The van der Waals surface area contributed by atoms with Crippen LogP contribution in [0.1, 0.15) is 24.3 Å². The Bertz CT molecular complexity index is 862. The summed E-state index contributed by atoms with van der Waals surface area (Å²) in [6, 6.07) is 15.6. The van der Waals surface area contributed by atoms with Crippen LogP contribution < -0.4 is 5.32 Å². The molecule has 1 amide bonds. The third-order valence-corrected chi connectivity index (χ3v) is 4.91. The molecule has 5 nitrogen and oxygen atoms in total. The average Bonchev–Trinajstić information content (AvgIpc) is 3.08. The lowest BCUT2D eigenvalue weighted by Crippen LogP contribution is -2.11. The highest BCUT2D eigenvalue weighted by Gasteiger charge is 2.09. The molecule has 0 unspecified atom stereocenters. The Kier molecular flexibility index (Phi) is 5.80. The average molecular weight is 447 g/mol. The summed E-state index contributed by atoms with van der Waals surface area (Å²) in [5.41, 5.74) is 2.94. The van der Waals surface area contributed by atoms with Crippen molar-refractivity contribution in [3.8, 4) is 11.4 Å². The van der Waals surface area contributed by atoms with Gasteiger partial charge in [0.1, 0.15) is 0 Å². The summed E-state index contributed by atoms with van der Waals surface area (Å²) >= 11 is 2.26. The standard InChI is InChI=1S/C19H18IN3O2/c1-13-10-11-15(12-16(13)20)21-17(24)8-5-9-18-22-19(23-25-18)14-6-3-2-4-7-14/h2-4,6-7,10-12H,5,8-9H2,1H3,(H,21,24). The van der Waals surface area contributed by atoms with Crippen molar-refractivity contribution >= 4 is 34.2 Å². The van der Waals surface area contributed by atoms with E-state index in [1.807, 2.05) is 55.5 Å². The van der Waals surface area contributed by atoms with E-state index in [1.165, 1.54) is 5.56 Å². The van der Waals surface area contributed by atoms with E-state index < -0.39 is 0 Å². The van der Waals surface area contributed by atoms with Gasteiger partial charge in [-0.2, -0.15) is 4.98 Å². The Balaban J connectivity index is 1.48. The van der Waals surface area contributed by atoms with E-state index in [0.717, 1.165) is 14.8 Å². The highest BCUT2D eigenvalue weighted by atomic mass is 127. The smallest absolute Gasteiger partial charge is 0.226 e. The Morgan fingerprint density at radius 2 is 2.00 bits per heavy atom. The lowest BCUT2D eigenvalue weighted by molar-refractivity contribution is -0.116. The van der Waals surface area contributed by atoms with Crippen LogP contribution in [-0.4, -0.2) is 16.0 Å². The zero-order chi connectivity index (χ0) is 17.6. The van der Waals surface area contributed by atoms with Crippen molar-refractivity contribution in [2.75, 3.05) is 5.32 Å². The molecule has 0 atom stereocenters. The topological polar surface area (TPSA) is 68.0 Å². The van der Waals surface area contributed by atoms with Gasteiger partial charge in [-0.25, -0.2) is 0 Å². The number of nitrogens with one attached hydrogen (secondary N) is 1. The zero-order valence-electron chi connectivity index (χ0n) is 13.8. The van der Waals surface area contributed by atoms with Crippen molar-refractivity contribution in [1.29, 1.82) is 0 Å². The summed E-state index contributed by atoms with van der Waals surface area (Å²) < 4.78 is 6.39. The predicted octanol–water partition coefficient (Wildman–Crippen LogP) is 4.61. The molecule has 0 aliphatic rings. The number of anilines is 1. The van der Waals surface area contributed by atoms with Gasteiger partial charge in [0.2, 0.25) is 17.6 Å². The van der Waals surface area contributed by atoms with Crippen molar-refractivity contribution in [1.82, 2.24) is 10.1 Å². The molecule has 0 saturated heterocycles. The number of aromatic nitrogens is 2. The molecule has 0 fully saturated rings. The van der Waals surface area contributed by atoms with Crippen molar-refractivity contribution < 1.29 is 9.32 Å². The van der Waals surface area contributed by atoms with Gasteiger partial charge >= 0.3 is 0 Å². The zero-order valence-corrected chi connectivity index (χ0v) is 16.0. The summed E-state index contributed by atoms with van der Waals surface area (Å²) in [7, 11) is 0. The molecule has 1 heterocycles. The van der Waals surface area contributed by atoms with Crippen molar-refractivity contribution in [2.24, 2.45) is 0 Å². The van der Waals surface area contributed by atoms with Gasteiger partial charge in [-0.3, -0.25) is 4.79 Å². The van der Waals surface area contributed by atoms with Crippen LogP contribution in [0.4, 0.5) is 5.69 Å². The summed E-state index contributed by atoms with van der Waals surface area (Å²) in [6.45, 7) is 2.04. The second kappa shape index (κ2) is 8.24. The number of carbonyl (C=O) groups is 1. The van der Waals surface area contributed by atoms with Crippen LogP contribution in [0.15, 0.2) is 53.1 Å². The number of nitrogens with zero attached hydrogens (tertiary/aromatic N) is 2. The van der Waals surface area contributed by atoms with Crippen molar-refractivity contribution in [3.05, 3.63) is 63.6 Å². The number of aryl methyl sites for hydroxylation is 2. The first kappa shape index (κ1) is 17.6. The van der Waals surface area contributed by atoms with Gasteiger partial charge < -0.3 is 9.84 Å². The summed E-state index contributed by atoms with van der Waals surface area (Å²) in [6.07, 6.45) is 1.65. The van der Waals surface area contributed by atoms with Gasteiger partial charge in [0, 0.05) is 27.7 Å². The van der Waals surface area contributed by atoms with Crippen LogP contribution in [0.25, 0.3) is 11.4 Å². The molecule has 2 aromatic carbocycles. The Morgan fingerprint density at radius 1 is 1.20 bits per heavy atom. The molecule has 1 N–H and O–H groups in total. The number of benzene rings is 2. The number of hydrogen-bond donors (Lipinski definition) is 1. The molecule has 0 radical (unpaired) electrons. The van der Waals surface area contributed by atoms with Crippen LogP contribution in [0.5, 0.6) is 0 Å². The molecular formula is C19H18IN3O2. The molecule has 0 saturated carbocycles. The maximum Gasteiger partial charge on any atom is 0.226 e. The number of halogens is 1. The van der Waals surface area contributed by atoms with E-state index in [9.17, 15) is 4.79 Å². The molecule has 0 bridgehead atoms. The largest absolute Gasteiger partial charge is 0.339 e. The molecule has 0 aliphatic carbocycles. The molecule has 1 aromatic heterocycles. The highest BCUT2D eigenvalue weighted by Crippen LogP contribution is 2.18. The number of hydrogen-bond acceptors (Lipinski definition) is 4. The normalized spacial score (nSPS) is 10.6. The van der Waals surface area contributed by atoms with Crippen LogP contribution in [0.3, 0.4) is 0 Å². The maximum atomic E-state index is 12.0. The van der Waals surface area contributed by atoms with Crippen LogP contribution in [-0.2, 0) is 11.2 Å². The van der Waals surface area contributed by atoms with Crippen molar-refractivity contribution in [2.45, 2.75) is 26.2 Å². The molecular weight excluding hydrogens is 429 g/mol. The minimum absolute atomic E-state index is 0.0116. The number of carbonyl (C=O) groups excluding carboxylic acids is 1. The lowest BCUT2D eigenvalue weighted by atomic mass is 10.2. The summed E-state index contributed by atoms with van der Waals surface area (Å²) in [5, 5.41) is 6.90. The second-order valence-corrected chi connectivity index (χ2v) is 6.91. The molecule has 128 valence electrons. The van der Waals surface area contributed by atoms with Gasteiger partial charge in [-0.15, -0.1) is 0 Å². The number of rotatable bonds is 6. The first-order valence-corrected chi connectivity index (χ1v) is 9.14. The van der Waals surface area contributed by atoms with E-state index in [2.05, 4.69) is 38.0 Å². The molecule has 0 aliphatic heterocycles. The van der Waals surface area contributed by atoms with Gasteiger partial charge in [-0.05, 0) is 53.6 Å². The fraction of sp³-hybridized carbons (Fsp3) is 0.211. The van der Waals surface area contributed by atoms with Crippen LogP contribution in [0, 0.1) is 10.5 Å². The van der Waals surface area contributed by atoms with Crippen LogP contribution in [0.2, 0.25) is 0 Å². The first-order valence-electron chi connectivity index (χ1n) is 8.06. The van der Waals surface area contributed by atoms with E-state index in [4.69, 9.17) is 4.52 Å². The minimum Gasteiger partial charge on any atom is -0.339 e. The van der Waals surface area contributed by atoms with Crippen molar-refractivity contribution in [3.63, 3.8) is 0 Å². The fourth-order valence-corrected chi connectivity index (χ4v) is 2.87. The van der Waals surface area contributed by atoms with Crippen LogP contribution >= 0.6 is 22.6 Å². The quantitative estimate of drug-likeness (QED) is 0.561. The molecule has 6 heteroatoms. The molecule has 0 spiro atoms. The summed E-state index contributed by atoms with van der Waals surface area (Å²) in [4.78, 5) is 16.4. The van der Waals surface area contributed by atoms with E-state index in [0.29, 0.717) is 31.0 Å². The second-order valence-electron chi connectivity index (χ2n) is 5.74. The maximum absolute atomic E-state index is 12.0. The summed E-state index contributed by atoms with van der Waals surface area (Å²) in [5.74, 6) is 1.12. The Labute approximate surface area is 160 Å². The Hall–Kier alpha value is -2.22. The third kappa shape index (κ3) is 4.88. The van der Waals surface area contributed by atoms with Gasteiger partial charge in [-0.1, -0.05) is 41.6 Å². The van der Waals surface area contributed by atoms with E-state index in [-0.39, 0.29) is 5.91 Å². The van der Waals surface area contributed by atoms with Gasteiger partial charge in [0.05, 0.1) is 0 Å².